The van der Waals surface area contributed by atoms with Gasteiger partial charge in [-0.3, -0.25) is 14.4 Å². The summed E-state index contributed by atoms with van der Waals surface area (Å²) in [6.45, 7) is 9.59. The molecular weight excluding hydrogens is 695 g/mol. The maximum atomic E-state index is 14.0. The average molecular weight is 754 g/mol. The molecule has 2 aromatic carbocycles. The number of Topliss-reactive ketones (excluding diaryl/α,β-unsaturated/α-hetero) is 1. The number of ether oxygens (including phenoxy) is 2. The molecule has 3 N–H and O–H groups in total. The van der Waals surface area contributed by atoms with Crippen molar-refractivity contribution in [2.24, 2.45) is 17.8 Å². The summed E-state index contributed by atoms with van der Waals surface area (Å²) in [6.07, 6.45) is 4.34. The molecule has 0 aliphatic rings. The van der Waals surface area contributed by atoms with Crippen LogP contribution in [0.2, 0.25) is 0 Å². The number of carbonyl (C=O) groups excluding carboxylic acids is 6. The van der Waals surface area contributed by atoms with E-state index < -0.39 is 47.5 Å². The van der Waals surface area contributed by atoms with Gasteiger partial charge >= 0.3 is 12.1 Å². The summed E-state index contributed by atoms with van der Waals surface area (Å²) in [5.41, 5.74) is 0.909. The van der Waals surface area contributed by atoms with Crippen LogP contribution in [-0.4, -0.2) is 72.2 Å². The molecule has 2 aromatic rings. The maximum Gasteiger partial charge on any atom is 0.407 e. The number of benzene rings is 2. The molecule has 2 rings (SSSR count). The minimum absolute atomic E-state index is 0.0640. The number of thioether (sulfide) groups is 1. The molecule has 53 heavy (non-hydrogen) atoms. The van der Waals surface area contributed by atoms with E-state index in [2.05, 4.69) is 16.0 Å². The molecule has 0 spiro atoms. The van der Waals surface area contributed by atoms with Crippen LogP contribution in [-0.2, 0) is 46.5 Å². The molecule has 0 aromatic heterocycles. The second kappa shape index (κ2) is 24.2. The highest BCUT2D eigenvalue weighted by Gasteiger charge is 2.33. The van der Waals surface area contributed by atoms with Gasteiger partial charge in [0, 0.05) is 31.2 Å². The molecule has 0 bridgehead atoms. The minimum atomic E-state index is -0.994. The van der Waals surface area contributed by atoms with Crippen molar-refractivity contribution in [3.8, 4) is 0 Å². The van der Waals surface area contributed by atoms with Crippen LogP contribution < -0.4 is 16.0 Å². The fraction of sp³-hybridized carbons (Fsp3) is 0.561. The van der Waals surface area contributed by atoms with Crippen molar-refractivity contribution in [1.29, 1.82) is 0 Å². The fourth-order valence-electron chi connectivity index (χ4n) is 5.65. The monoisotopic (exact) mass is 753 g/mol. The molecule has 0 aliphatic carbocycles. The van der Waals surface area contributed by atoms with Gasteiger partial charge in [0.1, 0.15) is 24.5 Å². The third kappa shape index (κ3) is 18.9. The lowest BCUT2D eigenvalue weighted by Crippen LogP contribution is -2.48. The van der Waals surface area contributed by atoms with Crippen LogP contribution in [0.4, 0.5) is 4.79 Å². The number of amides is 3. The Hall–Kier alpha value is -4.19. The predicted octanol–water partition coefficient (Wildman–Crippen LogP) is 6.22. The number of hydrogen-bond acceptors (Lipinski definition) is 9. The summed E-state index contributed by atoms with van der Waals surface area (Å²) < 4.78 is 10.9. The van der Waals surface area contributed by atoms with E-state index in [1.54, 1.807) is 32.5 Å². The first-order valence-corrected chi connectivity index (χ1v) is 19.9. The molecule has 0 aliphatic heterocycles. The Morgan fingerprint density at radius 3 is 2.00 bits per heavy atom. The zero-order chi connectivity index (χ0) is 39.2. The number of rotatable bonds is 24. The molecule has 292 valence electrons. The van der Waals surface area contributed by atoms with E-state index in [1.807, 2.05) is 80.8 Å². The molecule has 0 radical (unpaired) electrons. The fourth-order valence-corrected chi connectivity index (χ4v) is 6.18. The Morgan fingerprint density at radius 1 is 0.811 bits per heavy atom. The maximum absolute atomic E-state index is 14.0. The summed E-state index contributed by atoms with van der Waals surface area (Å²) in [5.74, 6) is -2.34. The van der Waals surface area contributed by atoms with E-state index in [1.165, 1.54) is 0 Å². The van der Waals surface area contributed by atoms with E-state index in [0.29, 0.717) is 38.0 Å². The Morgan fingerprint density at radius 2 is 1.42 bits per heavy atom. The highest BCUT2D eigenvalue weighted by atomic mass is 32.2. The number of nitrogens with one attached hydrogen (secondary N) is 3. The van der Waals surface area contributed by atoms with Crippen molar-refractivity contribution >= 4 is 47.7 Å². The lowest BCUT2D eigenvalue weighted by molar-refractivity contribution is -0.159. The van der Waals surface area contributed by atoms with Crippen LogP contribution in [0.5, 0.6) is 0 Å². The van der Waals surface area contributed by atoms with Crippen molar-refractivity contribution in [3.05, 3.63) is 71.8 Å². The summed E-state index contributed by atoms with van der Waals surface area (Å²) in [5, 5.41) is 8.49. The lowest BCUT2D eigenvalue weighted by Gasteiger charge is -2.27. The molecule has 11 nitrogen and oxygen atoms in total. The van der Waals surface area contributed by atoms with Gasteiger partial charge in [0.25, 0.3) is 0 Å². The summed E-state index contributed by atoms with van der Waals surface area (Å²) in [7, 11) is 0. The third-order valence-corrected chi connectivity index (χ3v) is 9.03. The zero-order valence-electron chi connectivity index (χ0n) is 32.2. The Balaban J connectivity index is 2.17. The van der Waals surface area contributed by atoms with Gasteiger partial charge in [-0.2, -0.15) is 11.8 Å². The van der Waals surface area contributed by atoms with Gasteiger partial charge in [-0.1, -0.05) is 74.5 Å². The predicted molar refractivity (Wildman–Crippen MR) is 208 cm³/mol. The second-order valence-corrected chi connectivity index (χ2v) is 15.7. The van der Waals surface area contributed by atoms with Crippen LogP contribution in [0.15, 0.2) is 60.7 Å². The van der Waals surface area contributed by atoms with Gasteiger partial charge in [0.05, 0.1) is 6.04 Å². The van der Waals surface area contributed by atoms with Crippen LogP contribution in [0.25, 0.3) is 0 Å². The van der Waals surface area contributed by atoms with E-state index in [-0.39, 0.29) is 49.9 Å². The number of esters is 1. The molecule has 4 atom stereocenters. The molecule has 0 saturated heterocycles. The Bertz CT molecular complexity index is 1430. The van der Waals surface area contributed by atoms with Crippen LogP contribution in [0.3, 0.4) is 0 Å². The number of unbranched alkanes of at least 4 members (excludes halogenated alkanes) is 1. The number of aldehydes is 1. The molecule has 0 unspecified atom stereocenters. The summed E-state index contributed by atoms with van der Waals surface area (Å²) in [6, 6.07) is 16.8. The van der Waals surface area contributed by atoms with Crippen molar-refractivity contribution < 1.29 is 38.2 Å². The highest BCUT2D eigenvalue weighted by molar-refractivity contribution is 7.98. The van der Waals surface area contributed by atoms with Crippen molar-refractivity contribution in [2.45, 2.75) is 110 Å². The second-order valence-electron chi connectivity index (χ2n) is 14.7. The van der Waals surface area contributed by atoms with Gasteiger partial charge in [-0.05, 0) is 88.3 Å². The van der Waals surface area contributed by atoms with E-state index >= 15 is 0 Å². The van der Waals surface area contributed by atoms with Crippen LogP contribution in [0.1, 0.15) is 90.7 Å². The largest absolute Gasteiger partial charge is 0.458 e. The van der Waals surface area contributed by atoms with Crippen molar-refractivity contribution in [3.63, 3.8) is 0 Å². The Kier molecular flexibility index (Phi) is 20.5. The van der Waals surface area contributed by atoms with Crippen molar-refractivity contribution in [1.82, 2.24) is 16.0 Å². The smallest absolute Gasteiger partial charge is 0.407 e. The average Bonchev–Trinajstić information content (AvgIpc) is 3.11. The first-order valence-electron chi connectivity index (χ1n) is 18.5. The Labute approximate surface area is 319 Å². The molecule has 3 amide bonds. The van der Waals surface area contributed by atoms with E-state index in [4.69, 9.17) is 9.47 Å². The van der Waals surface area contributed by atoms with E-state index in [9.17, 15) is 28.8 Å². The molecule has 0 saturated carbocycles. The minimum Gasteiger partial charge on any atom is -0.458 e. The topological polar surface area (TPSA) is 157 Å². The summed E-state index contributed by atoms with van der Waals surface area (Å²) >= 11 is 1.58. The molecule has 12 heteroatoms. The number of carbonyl (C=O) groups is 6. The number of hydrogen-bond donors (Lipinski definition) is 3. The van der Waals surface area contributed by atoms with Crippen LogP contribution in [0, 0.1) is 17.8 Å². The molecule has 0 heterocycles. The van der Waals surface area contributed by atoms with Gasteiger partial charge in [0.15, 0.2) is 5.78 Å². The number of alkyl carbamates (subject to hydrolysis) is 1. The highest BCUT2D eigenvalue weighted by Crippen LogP contribution is 2.20. The zero-order valence-corrected chi connectivity index (χ0v) is 33.0. The van der Waals surface area contributed by atoms with Gasteiger partial charge < -0.3 is 30.2 Å². The first kappa shape index (κ1) is 45.0. The molecular formula is C41H59N3O8S. The van der Waals surface area contributed by atoms with Gasteiger partial charge in [-0.25, -0.2) is 9.59 Å². The first-order chi connectivity index (χ1) is 25.2. The lowest BCUT2D eigenvalue weighted by atomic mass is 9.88. The standard InChI is InChI=1S/C41H59N3O8S/c1-29(2)25-35(44-37(47)32(20-23-45)21-24-53-6)36(46)27-33(26-30-15-9-7-10-16-30)38(48)43-34(39(49)52-41(3,4)5)19-13-14-22-42-40(50)51-28-31-17-11-8-12-18-31/h7-12,15-18,23,29,32-35H,13-14,19-22,24-28H2,1-6H3,(H,42,50)(H,43,48)(H,44,47)/t32-,33+,34-,35-/m0/s1. The van der Waals surface area contributed by atoms with Crippen molar-refractivity contribution in [2.75, 3.05) is 18.6 Å². The van der Waals surface area contributed by atoms with E-state index in [0.717, 1.165) is 17.4 Å². The van der Waals surface area contributed by atoms with Gasteiger partial charge in [0.2, 0.25) is 11.8 Å². The number of ketones is 1. The quantitative estimate of drug-likeness (QED) is 0.0644. The summed E-state index contributed by atoms with van der Waals surface area (Å²) in [4.78, 5) is 78.1. The molecule has 0 fully saturated rings. The SMILES string of the molecule is CSCC[C@H](CC=O)C(=O)N[C@@H](CC(C)C)C(=O)C[C@@H](Cc1ccccc1)C(=O)N[C@@H](CCCCNC(=O)OCc1ccccc1)C(=O)OC(C)(C)C. The normalized spacial score (nSPS) is 13.6. The third-order valence-electron chi connectivity index (χ3n) is 8.39. The van der Waals surface area contributed by atoms with Gasteiger partial charge in [-0.15, -0.1) is 0 Å². The van der Waals surface area contributed by atoms with Crippen LogP contribution >= 0.6 is 11.8 Å².